The van der Waals surface area contributed by atoms with Gasteiger partial charge in [0.15, 0.2) is 0 Å². The van der Waals surface area contributed by atoms with E-state index in [0.29, 0.717) is 5.88 Å². The van der Waals surface area contributed by atoms with Crippen LogP contribution in [0.15, 0.2) is 0 Å². The second-order valence-electron chi connectivity index (χ2n) is 8.53. The summed E-state index contributed by atoms with van der Waals surface area (Å²) in [6.07, 6.45) is 29.8. The lowest BCUT2D eigenvalue weighted by atomic mass is 9.99. The van der Waals surface area contributed by atoms with Crippen LogP contribution in [0.25, 0.3) is 0 Å². The number of alkyl halides is 1. The van der Waals surface area contributed by atoms with Crippen molar-refractivity contribution in [2.45, 2.75) is 142 Å². The van der Waals surface area contributed by atoms with Crippen LogP contribution in [0.2, 0.25) is 0 Å². The Morgan fingerprint density at radius 1 is 0.556 bits per heavy atom. The first kappa shape index (κ1) is 27.0. The third-order valence-electron chi connectivity index (χ3n) is 5.85. The largest absolute Gasteiger partial charge is 0.303 e. The van der Waals surface area contributed by atoms with Gasteiger partial charge in [0.1, 0.15) is 6.29 Å². The van der Waals surface area contributed by atoms with E-state index in [2.05, 4.69) is 6.92 Å². The number of rotatable bonds is 23. The summed E-state index contributed by atoms with van der Waals surface area (Å²) >= 11 is 5.71. The Bertz CT molecular complexity index is 279. The molecule has 0 aromatic rings. The summed E-state index contributed by atoms with van der Waals surface area (Å²) in [6, 6.07) is 0. The van der Waals surface area contributed by atoms with E-state index in [1.807, 2.05) is 0 Å². The Morgan fingerprint density at radius 3 is 1.19 bits per heavy atom. The molecule has 0 aromatic carbocycles. The van der Waals surface area contributed by atoms with Crippen molar-refractivity contribution in [2.75, 3.05) is 5.88 Å². The topological polar surface area (TPSA) is 17.1 Å². The molecule has 0 rings (SSSR count). The number of carbonyl (C=O) groups is 1. The molecular formula is C25H49ClO. The van der Waals surface area contributed by atoms with Crippen molar-refractivity contribution in [3.8, 4) is 0 Å². The molecule has 0 aliphatic heterocycles. The van der Waals surface area contributed by atoms with E-state index in [0.717, 1.165) is 19.1 Å². The summed E-state index contributed by atoms with van der Waals surface area (Å²) in [5, 5.41) is 0. The van der Waals surface area contributed by atoms with Crippen molar-refractivity contribution >= 4 is 17.9 Å². The Hall–Kier alpha value is -0.0400. The fourth-order valence-corrected chi connectivity index (χ4v) is 4.19. The zero-order chi connectivity index (χ0) is 19.8. The first-order chi connectivity index (χ1) is 13.3. The van der Waals surface area contributed by atoms with Gasteiger partial charge in [-0.1, -0.05) is 129 Å². The van der Waals surface area contributed by atoms with Gasteiger partial charge in [-0.3, -0.25) is 0 Å². The van der Waals surface area contributed by atoms with Crippen LogP contribution < -0.4 is 0 Å². The monoisotopic (exact) mass is 400 g/mol. The van der Waals surface area contributed by atoms with Gasteiger partial charge in [0, 0.05) is 11.8 Å². The number of halogens is 1. The molecule has 0 heterocycles. The van der Waals surface area contributed by atoms with Crippen LogP contribution in [0, 0.1) is 5.92 Å². The van der Waals surface area contributed by atoms with E-state index in [4.69, 9.17) is 11.6 Å². The molecule has 0 aromatic heterocycles. The Kier molecular flexibility index (Phi) is 24.0. The van der Waals surface area contributed by atoms with Gasteiger partial charge in [-0.25, -0.2) is 0 Å². The molecule has 0 bridgehead atoms. The van der Waals surface area contributed by atoms with E-state index in [1.54, 1.807) is 0 Å². The van der Waals surface area contributed by atoms with Gasteiger partial charge >= 0.3 is 0 Å². The highest BCUT2D eigenvalue weighted by molar-refractivity contribution is 6.17. The van der Waals surface area contributed by atoms with Gasteiger partial charge in [0.2, 0.25) is 0 Å². The second kappa shape index (κ2) is 24.0. The maximum absolute atomic E-state index is 10.9. The van der Waals surface area contributed by atoms with Gasteiger partial charge < -0.3 is 4.79 Å². The van der Waals surface area contributed by atoms with Crippen LogP contribution in [0.3, 0.4) is 0 Å². The van der Waals surface area contributed by atoms with E-state index in [9.17, 15) is 4.79 Å². The first-order valence-corrected chi connectivity index (χ1v) is 12.9. The molecule has 0 saturated heterocycles. The average molecular weight is 401 g/mol. The molecule has 27 heavy (non-hydrogen) atoms. The Labute approximate surface area is 176 Å². The minimum Gasteiger partial charge on any atom is -0.303 e. The fraction of sp³-hybridized carbons (Fsp3) is 0.960. The minimum atomic E-state index is 0.202. The maximum Gasteiger partial charge on any atom is 0.123 e. The average Bonchev–Trinajstić information content (AvgIpc) is 2.68. The molecule has 1 atom stereocenters. The fourth-order valence-electron chi connectivity index (χ4n) is 3.91. The molecule has 0 fully saturated rings. The maximum atomic E-state index is 10.9. The molecule has 0 spiro atoms. The van der Waals surface area contributed by atoms with Crippen LogP contribution in [0.5, 0.6) is 0 Å². The smallest absolute Gasteiger partial charge is 0.123 e. The van der Waals surface area contributed by atoms with Crippen molar-refractivity contribution in [2.24, 2.45) is 5.92 Å². The van der Waals surface area contributed by atoms with Crippen LogP contribution in [-0.4, -0.2) is 12.2 Å². The number of unbranched alkanes of at least 4 members (excludes halogenated alkanes) is 18. The summed E-state index contributed by atoms with van der Waals surface area (Å²) < 4.78 is 0. The third-order valence-corrected chi connectivity index (χ3v) is 6.07. The zero-order valence-electron chi connectivity index (χ0n) is 18.5. The lowest BCUT2D eigenvalue weighted by Crippen LogP contribution is -2.02. The summed E-state index contributed by atoms with van der Waals surface area (Å²) in [4.78, 5) is 10.9. The molecule has 0 aliphatic carbocycles. The highest BCUT2D eigenvalue weighted by Crippen LogP contribution is 2.16. The van der Waals surface area contributed by atoms with E-state index in [-0.39, 0.29) is 5.92 Å². The third kappa shape index (κ3) is 22.1. The van der Waals surface area contributed by atoms with E-state index < -0.39 is 0 Å². The standard InChI is InChI=1S/C25H49ClO/c1-2-3-4-5-6-7-8-9-10-11-12-13-14-15-16-17-18-19-20-21-25(24-27)22-23-26/h24-25H,2-23H2,1H3. The van der Waals surface area contributed by atoms with Crippen LogP contribution >= 0.6 is 11.6 Å². The molecule has 1 nitrogen and oxygen atoms in total. The first-order valence-electron chi connectivity index (χ1n) is 12.4. The number of hydrogen-bond acceptors (Lipinski definition) is 1. The molecule has 1 unspecified atom stereocenters. The molecule has 0 saturated carbocycles. The molecule has 162 valence electrons. The van der Waals surface area contributed by atoms with Crippen LogP contribution in [-0.2, 0) is 4.79 Å². The van der Waals surface area contributed by atoms with E-state index in [1.165, 1.54) is 122 Å². The SMILES string of the molecule is CCCCCCCCCCCCCCCCCCCCCC(C=O)CCCl. The lowest BCUT2D eigenvalue weighted by Gasteiger charge is -2.07. The van der Waals surface area contributed by atoms with Gasteiger partial charge in [0.05, 0.1) is 0 Å². The van der Waals surface area contributed by atoms with Crippen LogP contribution in [0.1, 0.15) is 142 Å². The van der Waals surface area contributed by atoms with Crippen molar-refractivity contribution in [1.29, 1.82) is 0 Å². The number of hydrogen-bond donors (Lipinski definition) is 0. The van der Waals surface area contributed by atoms with Gasteiger partial charge in [-0.05, 0) is 12.8 Å². The number of aldehydes is 1. The second-order valence-corrected chi connectivity index (χ2v) is 8.90. The predicted octanol–water partition coefficient (Wildman–Crippen LogP) is 9.25. The molecule has 0 radical (unpaired) electrons. The zero-order valence-corrected chi connectivity index (χ0v) is 19.3. The quantitative estimate of drug-likeness (QED) is 0.0947. The molecule has 0 aliphatic rings. The minimum absolute atomic E-state index is 0.202. The molecular weight excluding hydrogens is 352 g/mol. The summed E-state index contributed by atoms with van der Waals surface area (Å²) in [5.41, 5.74) is 0. The van der Waals surface area contributed by atoms with Crippen molar-refractivity contribution < 1.29 is 4.79 Å². The van der Waals surface area contributed by atoms with Gasteiger partial charge in [0.25, 0.3) is 0 Å². The van der Waals surface area contributed by atoms with Gasteiger partial charge in [-0.15, -0.1) is 11.6 Å². The predicted molar refractivity (Wildman–Crippen MR) is 123 cm³/mol. The summed E-state index contributed by atoms with van der Waals surface area (Å²) in [5.74, 6) is 0.816. The highest BCUT2D eigenvalue weighted by Gasteiger charge is 2.05. The normalized spacial score (nSPS) is 12.4. The summed E-state index contributed by atoms with van der Waals surface area (Å²) in [7, 11) is 0. The molecule has 0 amide bonds. The molecule has 0 N–H and O–H groups in total. The van der Waals surface area contributed by atoms with Crippen molar-refractivity contribution in [3.05, 3.63) is 0 Å². The number of carbonyl (C=O) groups excluding carboxylic acids is 1. The van der Waals surface area contributed by atoms with Crippen molar-refractivity contribution in [3.63, 3.8) is 0 Å². The Balaban J connectivity index is 3.08. The lowest BCUT2D eigenvalue weighted by molar-refractivity contribution is -0.111. The Morgan fingerprint density at radius 2 is 0.889 bits per heavy atom. The van der Waals surface area contributed by atoms with Crippen LogP contribution in [0.4, 0.5) is 0 Å². The van der Waals surface area contributed by atoms with Gasteiger partial charge in [-0.2, -0.15) is 0 Å². The highest BCUT2D eigenvalue weighted by atomic mass is 35.5. The van der Waals surface area contributed by atoms with E-state index >= 15 is 0 Å². The summed E-state index contributed by atoms with van der Waals surface area (Å²) in [6.45, 7) is 2.29. The van der Waals surface area contributed by atoms with Crippen molar-refractivity contribution in [1.82, 2.24) is 0 Å². The molecule has 2 heteroatoms.